The fraction of sp³-hybridized carbons (Fsp3) is 0.417. The maximum absolute atomic E-state index is 13.2. The van der Waals surface area contributed by atoms with Gasteiger partial charge in [-0.25, -0.2) is 9.78 Å². The number of carbonyl (C=O) groups is 1. The van der Waals surface area contributed by atoms with Gasteiger partial charge >= 0.3 is 5.69 Å². The average molecular weight is 436 g/mol. The van der Waals surface area contributed by atoms with Gasteiger partial charge in [0, 0.05) is 37.6 Å². The summed E-state index contributed by atoms with van der Waals surface area (Å²) in [6.45, 7) is 8.42. The average Bonchev–Trinajstić information content (AvgIpc) is 3.26. The fourth-order valence-corrected chi connectivity index (χ4v) is 4.27. The quantitative estimate of drug-likeness (QED) is 0.620. The molecule has 1 atom stereocenters. The molecule has 1 aliphatic heterocycles. The zero-order valence-corrected chi connectivity index (χ0v) is 18.7. The van der Waals surface area contributed by atoms with Gasteiger partial charge in [-0.05, 0) is 43.4 Å². The first-order valence-electron chi connectivity index (χ1n) is 11.1. The zero-order chi connectivity index (χ0) is 22.8. The largest absolute Gasteiger partial charge is 0.371 e. The van der Waals surface area contributed by atoms with E-state index in [4.69, 9.17) is 0 Å². The Morgan fingerprint density at radius 2 is 2.00 bits per heavy atom. The molecule has 2 aromatic heterocycles. The van der Waals surface area contributed by atoms with Crippen molar-refractivity contribution >= 4 is 22.6 Å². The van der Waals surface area contributed by atoms with Gasteiger partial charge in [0.1, 0.15) is 0 Å². The van der Waals surface area contributed by atoms with Crippen LogP contribution in [-0.2, 0) is 6.54 Å². The summed E-state index contributed by atoms with van der Waals surface area (Å²) in [6, 6.07) is 11.9. The number of para-hydroxylation sites is 1. The highest BCUT2D eigenvalue weighted by atomic mass is 16.2. The number of nitrogens with zero attached hydrogens (tertiary/aromatic N) is 3. The number of hydrogen-bond acceptors (Lipinski definition) is 5. The van der Waals surface area contributed by atoms with Crippen molar-refractivity contribution in [2.75, 3.05) is 24.5 Å². The maximum Gasteiger partial charge on any atom is 0.329 e. The van der Waals surface area contributed by atoms with Crippen molar-refractivity contribution in [3.8, 4) is 0 Å². The summed E-state index contributed by atoms with van der Waals surface area (Å²) in [4.78, 5) is 47.3. The third-order valence-electron chi connectivity index (χ3n) is 6.08. The monoisotopic (exact) mass is 435 g/mol. The van der Waals surface area contributed by atoms with Gasteiger partial charge in [0.15, 0.2) is 5.65 Å². The van der Waals surface area contributed by atoms with Gasteiger partial charge in [0.2, 0.25) is 0 Å². The van der Waals surface area contributed by atoms with Crippen LogP contribution < -0.4 is 21.5 Å². The molecule has 1 aliphatic rings. The molecule has 1 aromatic carbocycles. The smallest absolute Gasteiger partial charge is 0.329 e. The number of nitrogens with one attached hydrogen (secondary N) is 2. The maximum atomic E-state index is 13.2. The second-order valence-corrected chi connectivity index (χ2v) is 8.60. The van der Waals surface area contributed by atoms with E-state index >= 15 is 0 Å². The summed E-state index contributed by atoms with van der Waals surface area (Å²) in [6.07, 6.45) is 0.986. The molecule has 1 saturated heterocycles. The number of carbonyl (C=O) groups excluding carboxylic acids is 1. The van der Waals surface area contributed by atoms with E-state index in [0.29, 0.717) is 24.7 Å². The molecule has 2 N–H and O–H groups in total. The highest BCUT2D eigenvalue weighted by Crippen LogP contribution is 2.24. The van der Waals surface area contributed by atoms with Gasteiger partial charge in [0.25, 0.3) is 11.5 Å². The number of H-pyrrole nitrogens is 1. The standard InChI is InChI=1S/C24H29N5O3/c1-4-29-21-20(23(31)27-24(29)32)18(12-19(26-21)15(2)3)22(30)25-13-16-10-11-28(14-16)17-8-6-5-7-9-17/h5-9,12,15-16H,4,10-11,13-14H2,1-3H3,(H,25,30)(H,27,31,32). The number of pyridine rings is 1. The molecule has 3 aromatic rings. The van der Waals surface area contributed by atoms with Crippen LogP contribution in [0.3, 0.4) is 0 Å². The number of hydrogen-bond donors (Lipinski definition) is 2. The molecule has 0 saturated carbocycles. The lowest BCUT2D eigenvalue weighted by Gasteiger charge is -2.19. The van der Waals surface area contributed by atoms with Crippen molar-refractivity contribution in [1.82, 2.24) is 19.9 Å². The summed E-state index contributed by atoms with van der Waals surface area (Å²) in [5.74, 6) is 0.0492. The predicted octanol–water partition coefficient (Wildman–Crippen LogP) is 2.48. The van der Waals surface area contributed by atoms with E-state index in [1.165, 1.54) is 10.3 Å². The van der Waals surface area contributed by atoms with Crippen LogP contribution >= 0.6 is 0 Å². The lowest BCUT2D eigenvalue weighted by atomic mass is 10.0. The molecule has 1 amide bonds. The van der Waals surface area contributed by atoms with Crippen LogP contribution in [0, 0.1) is 5.92 Å². The molecule has 8 nitrogen and oxygen atoms in total. The van der Waals surface area contributed by atoms with Gasteiger partial charge in [-0.2, -0.15) is 0 Å². The van der Waals surface area contributed by atoms with Gasteiger partial charge in [-0.3, -0.25) is 19.1 Å². The Balaban J connectivity index is 1.60. The van der Waals surface area contributed by atoms with E-state index in [1.54, 1.807) is 13.0 Å². The first-order valence-corrected chi connectivity index (χ1v) is 11.1. The Hall–Kier alpha value is -3.42. The molecule has 1 unspecified atom stereocenters. The van der Waals surface area contributed by atoms with Crippen LogP contribution in [0.15, 0.2) is 46.0 Å². The molecule has 0 bridgehead atoms. The SMILES string of the molecule is CCn1c(=O)[nH]c(=O)c2c(C(=O)NCC3CCN(c4ccccc4)C3)cc(C(C)C)nc21. The predicted molar refractivity (Wildman–Crippen MR) is 125 cm³/mol. The summed E-state index contributed by atoms with van der Waals surface area (Å²) in [5.41, 5.74) is 1.28. The Kier molecular flexibility index (Phi) is 6.12. The van der Waals surface area contributed by atoms with Gasteiger partial charge in [-0.1, -0.05) is 32.0 Å². The van der Waals surface area contributed by atoms with E-state index in [1.807, 2.05) is 32.0 Å². The molecule has 168 valence electrons. The van der Waals surface area contributed by atoms with Gasteiger partial charge in [0.05, 0.1) is 10.9 Å². The molecule has 0 aliphatic carbocycles. The van der Waals surface area contributed by atoms with E-state index in [-0.39, 0.29) is 28.4 Å². The number of benzene rings is 1. The highest BCUT2D eigenvalue weighted by Gasteiger charge is 2.25. The lowest BCUT2D eigenvalue weighted by Crippen LogP contribution is -2.35. The Morgan fingerprint density at radius 3 is 2.69 bits per heavy atom. The molecule has 0 spiro atoms. The van der Waals surface area contributed by atoms with Crippen molar-refractivity contribution in [2.45, 2.75) is 39.7 Å². The molecule has 32 heavy (non-hydrogen) atoms. The van der Waals surface area contributed by atoms with Crippen molar-refractivity contribution in [1.29, 1.82) is 0 Å². The summed E-state index contributed by atoms with van der Waals surface area (Å²) < 4.78 is 1.40. The molecule has 3 heterocycles. The van der Waals surface area contributed by atoms with Gasteiger partial charge in [-0.15, -0.1) is 0 Å². The zero-order valence-electron chi connectivity index (χ0n) is 18.7. The van der Waals surface area contributed by atoms with E-state index in [0.717, 1.165) is 19.5 Å². The van der Waals surface area contributed by atoms with Crippen molar-refractivity contribution in [3.63, 3.8) is 0 Å². The van der Waals surface area contributed by atoms with E-state index in [9.17, 15) is 14.4 Å². The van der Waals surface area contributed by atoms with Crippen LogP contribution in [0.1, 0.15) is 49.2 Å². The summed E-state index contributed by atoms with van der Waals surface area (Å²) in [7, 11) is 0. The Bertz CT molecular complexity index is 1250. The van der Waals surface area contributed by atoms with Crippen molar-refractivity contribution in [3.05, 3.63) is 68.5 Å². The molecular weight excluding hydrogens is 406 g/mol. The number of amides is 1. The van der Waals surface area contributed by atoms with Crippen LogP contribution in [0.5, 0.6) is 0 Å². The van der Waals surface area contributed by atoms with E-state index < -0.39 is 11.2 Å². The molecule has 8 heteroatoms. The second-order valence-electron chi connectivity index (χ2n) is 8.60. The first-order chi connectivity index (χ1) is 15.4. The van der Waals surface area contributed by atoms with Crippen molar-refractivity contribution < 1.29 is 4.79 Å². The van der Waals surface area contributed by atoms with Crippen LogP contribution in [0.25, 0.3) is 11.0 Å². The van der Waals surface area contributed by atoms with Crippen molar-refractivity contribution in [2.24, 2.45) is 5.92 Å². The lowest BCUT2D eigenvalue weighted by molar-refractivity contribution is 0.0949. The minimum Gasteiger partial charge on any atom is -0.371 e. The fourth-order valence-electron chi connectivity index (χ4n) is 4.27. The number of anilines is 1. The number of rotatable bonds is 6. The summed E-state index contributed by atoms with van der Waals surface area (Å²) >= 11 is 0. The third-order valence-corrected chi connectivity index (χ3v) is 6.08. The number of aryl methyl sites for hydroxylation is 1. The summed E-state index contributed by atoms with van der Waals surface area (Å²) in [5, 5.41) is 3.18. The second kappa shape index (κ2) is 8.98. The van der Waals surface area contributed by atoms with E-state index in [2.05, 4.69) is 32.3 Å². The molecule has 0 radical (unpaired) electrons. The molecule has 4 rings (SSSR count). The highest BCUT2D eigenvalue weighted by molar-refractivity contribution is 6.05. The van der Waals surface area contributed by atoms with Crippen LogP contribution in [0.4, 0.5) is 5.69 Å². The number of aromatic nitrogens is 3. The minimum absolute atomic E-state index is 0.0416. The van der Waals surface area contributed by atoms with Crippen LogP contribution in [0.2, 0.25) is 0 Å². The normalized spacial score (nSPS) is 16.1. The minimum atomic E-state index is -0.584. The van der Waals surface area contributed by atoms with Crippen LogP contribution in [-0.4, -0.2) is 40.1 Å². The number of fused-ring (bicyclic) bond motifs is 1. The Morgan fingerprint density at radius 1 is 1.25 bits per heavy atom. The van der Waals surface area contributed by atoms with Gasteiger partial charge < -0.3 is 10.2 Å². The molecule has 1 fully saturated rings. The third kappa shape index (κ3) is 4.17. The first kappa shape index (κ1) is 21.8. The number of aromatic amines is 1. The molecular formula is C24H29N5O3. The topological polar surface area (TPSA) is 100 Å². The Labute approximate surface area is 186 Å².